The fraction of sp³-hybridized carbons (Fsp3) is 0.100. The van der Waals surface area contributed by atoms with Crippen LogP contribution in [0.4, 0.5) is 4.79 Å². The van der Waals surface area contributed by atoms with E-state index < -0.39 is 5.91 Å². The van der Waals surface area contributed by atoms with Crippen molar-refractivity contribution in [2.24, 2.45) is 0 Å². The lowest BCUT2D eigenvalue weighted by Gasteiger charge is -2.12. The molecule has 0 saturated carbocycles. The van der Waals surface area contributed by atoms with E-state index >= 15 is 0 Å². The first-order valence-corrected chi connectivity index (χ1v) is 11.2. The molecule has 1 saturated heterocycles. The van der Waals surface area contributed by atoms with Crippen LogP contribution in [0.2, 0.25) is 10.0 Å². The van der Waals surface area contributed by atoms with Crippen LogP contribution in [0.25, 0.3) is 6.08 Å². The van der Waals surface area contributed by atoms with E-state index in [4.69, 9.17) is 34.4 Å². The molecule has 2 amide bonds. The molecule has 1 heterocycles. The van der Waals surface area contributed by atoms with Gasteiger partial charge in [-0.1, -0.05) is 35.2 Å². The van der Waals surface area contributed by atoms with Crippen LogP contribution in [0.1, 0.15) is 11.1 Å². The van der Waals surface area contributed by atoms with Gasteiger partial charge >= 0.3 is 0 Å². The van der Waals surface area contributed by atoms with Gasteiger partial charge in [0.25, 0.3) is 11.1 Å². The smallest absolute Gasteiger partial charge is 0.294 e. The van der Waals surface area contributed by atoms with E-state index in [1.807, 2.05) is 0 Å². The van der Waals surface area contributed by atoms with Crippen molar-refractivity contribution in [3.63, 3.8) is 0 Å². The SMILES string of the molecule is C#CCN1C(=O)S/C(=C/c2cc(Br)c(OCc3ccc(Cl)cc3Cl)c(Br)c2)C1=O. The standard InChI is InChI=1S/C20H11Br2Cl2NO3S/c1-2-5-25-19(26)17(29-20(25)27)8-11-6-14(21)18(15(22)7-11)28-10-12-3-4-13(23)9-16(12)24/h1,3-4,6-9H,5,10H2/b17-8+. The van der Waals surface area contributed by atoms with E-state index in [0.29, 0.717) is 35.2 Å². The van der Waals surface area contributed by atoms with Gasteiger partial charge in [0.05, 0.1) is 20.4 Å². The van der Waals surface area contributed by atoms with Gasteiger partial charge in [-0.25, -0.2) is 0 Å². The molecule has 1 aliphatic rings. The van der Waals surface area contributed by atoms with Gasteiger partial charge in [-0.15, -0.1) is 6.42 Å². The Hall–Kier alpha value is -1.43. The number of carbonyl (C=O) groups excluding carboxylic acids is 2. The molecule has 0 aliphatic carbocycles. The third-order valence-electron chi connectivity index (χ3n) is 3.83. The summed E-state index contributed by atoms with van der Waals surface area (Å²) in [7, 11) is 0. The first kappa shape index (κ1) is 22.3. The van der Waals surface area contributed by atoms with E-state index in [-0.39, 0.29) is 18.4 Å². The quantitative estimate of drug-likeness (QED) is 0.292. The highest BCUT2D eigenvalue weighted by molar-refractivity contribution is 9.11. The Bertz CT molecular complexity index is 1060. The molecule has 0 unspecified atom stereocenters. The van der Waals surface area contributed by atoms with Crippen LogP contribution in [-0.2, 0) is 11.4 Å². The van der Waals surface area contributed by atoms with E-state index in [2.05, 4.69) is 37.8 Å². The Labute approximate surface area is 198 Å². The van der Waals surface area contributed by atoms with Crippen molar-refractivity contribution in [3.05, 3.63) is 65.4 Å². The minimum atomic E-state index is -0.400. The number of carbonyl (C=O) groups is 2. The van der Waals surface area contributed by atoms with Gasteiger partial charge in [-0.05, 0) is 79.5 Å². The van der Waals surface area contributed by atoms with Gasteiger partial charge in [-0.2, -0.15) is 0 Å². The summed E-state index contributed by atoms with van der Waals surface area (Å²) in [5.41, 5.74) is 1.51. The second kappa shape index (κ2) is 9.59. The molecule has 148 valence electrons. The second-order valence-electron chi connectivity index (χ2n) is 5.81. The number of benzene rings is 2. The summed E-state index contributed by atoms with van der Waals surface area (Å²) in [5.74, 6) is 2.49. The summed E-state index contributed by atoms with van der Waals surface area (Å²) in [6, 6.07) is 8.78. The van der Waals surface area contributed by atoms with Gasteiger partial charge in [0.15, 0.2) is 0 Å². The number of amides is 2. The third kappa shape index (κ3) is 5.19. The van der Waals surface area contributed by atoms with Crippen LogP contribution in [-0.4, -0.2) is 22.6 Å². The number of terminal acetylenes is 1. The zero-order valence-corrected chi connectivity index (χ0v) is 20.0. The summed E-state index contributed by atoms with van der Waals surface area (Å²) in [6.07, 6.45) is 6.84. The minimum Gasteiger partial charge on any atom is -0.486 e. The Morgan fingerprint density at radius 1 is 1.17 bits per heavy atom. The summed E-state index contributed by atoms with van der Waals surface area (Å²) in [5, 5.41) is 0.693. The van der Waals surface area contributed by atoms with Crippen LogP contribution >= 0.6 is 66.8 Å². The van der Waals surface area contributed by atoms with E-state index in [1.165, 1.54) is 0 Å². The molecule has 2 aromatic rings. The van der Waals surface area contributed by atoms with Gasteiger partial charge < -0.3 is 4.74 Å². The number of thioether (sulfide) groups is 1. The summed E-state index contributed by atoms with van der Waals surface area (Å²) in [4.78, 5) is 25.6. The maximum absolute atomic E-state index is 12.3. The fourth-order valence-corrected chi connectivity index (χ4v) is 5.22. The highest BCUT2D eigenvalue weighted by Gasteiger charge is 2.34. The second-order valence-corrected chi connectivity index (χ2v) is 9.36. The van der Waals surface area contributed by atoms with Crippen molar-refractivity contribution in [2.75, 3.05) is 6.54 Å². The molecule has 0 spiro atoms. The number of hydrogen-bond acceptors (Lipinski definition) is 4. The number of imide groups is 1. The molecule has 0 atom stereocenters. The van der Waals surface area contributed by atoms with Gasteiger partial charge in [0.2, 0.25) is 0 Å². The van der Waals surface area contributed by atoms with Gasteiger partial charge in [0, 0.05) is 15.6 Å². The van der Waals surface area contributed by atoms with Crippen LogP contribution < -0.4 is 4.74 Å². The monoisotopic (exact) mass is 573 g/mol. The first-order valence-electron chi connectivity index (χ1n) is 8.04. The van der Waals surface area contributed by atoms with Gasteiger partial charge in [-0.3, -0.25) is 14.5 Å². The lowest BCUT2D eigenvalue weighted by atomic mass is 10.2. The van der Waals surface area contributed by atoms with Crippen molar-refractivity contribution in [1.29, 1.82) is 0 Å². The number of nitrogens with zero attached hydrogens (tertiary/aromatic N) is 1. The lowest BCUT2D eigenvalue weighted by molar-refractivity contribution is -0.122. The van der Waals surface area contributed by atoms with Crippen LogP contribution in [0, 0.1) is 12.3 Å². The normalized spacial score (nSPS) is 15.1. The van der Waals surface area contributed by atoms with Crippen molar-refractivity contribution in [3.8, 4) is 18.1 Å². The molecule has 0 radical (unpaired) electrons. The average Bonchev–Trinajstić information content (AvgIpc) is 2.90. The highest BCUT2D eigenvalue weighted by Crippen LogP contribution is 2.38. The molecule has 3 rings (SSSR count). The van der Waals surface area contributed by atoms with Crippen molar-refractivity contribution >= 4 is 84.0 Å². The van der Waals surface area contributed by atoms with Crippen LogP contribution in [0.5, 0.6) is 5.75 Å². The van der Waals surface area contributed by atoms with E-state index in [9.17, 15) is 9.59 Å². The molecule has 0 bridgehead atoms. The largest absolute Gasteiger partial charge is 0.486 e. The Morgan fingerprint density at radius 2 is 1.86 bits per heavy atom. The topological polar surface area (TPSA) is 46.6 Å². The lowest BCUT2D eigenvalue weighted by Crippen LogP contribution is -2.28. The van der Waals surface area contributed by atoms with Crippen molar-refractivity contribution in [2.45, 2.75) is 6.61 Å². The highest BCUT2D eigenvalue weighted by atomic mass is 79.9. The number of ether oxygens (including phenoxy) is 1. The third-order valence-corrected chi connectivity index (χ3v) is 6.50. The molecule has 1 fully saturated rings. The average molecular weight is 576 g/mol. The molecule has 2 aromatic carbocycles. The van der Waals surface area contributed by atoms with E-state index in [1.54, 1.807) is 36.4 Å². The number of hydrogen-bond donors (Lipinski definition) is 0. The van der Waals surface area contributed by atoms with Crippen LogP contribution in [0.3, 0.4) is 0 Å². The van der Waals surface area contributed by atoms with Crippen molar-refractivity contribution in [1.82, 2.24) is 4.90 Å². The molecule has 0 N–H and O–H groups in total. The van der Waals surface area contributed by atoms with E-state index in [0.717, 1.165) is 22.2 Å². The fourth-order valence-electron chi connectivity index (χ4n) is 2.47. The first-order chi connectivity index (χ1) is 13.8. The number of halogens is 4. The predicted octanol–water partition coefficient (Wildman–Crippen LogP) is 6.77. The van der Waals surface area contributed by atoms with Crippen LogP contribution in [0.15, 0.2) is 44.2 Å². The molecule has 1 aliphatic heterocycles. The maximum Gasteiger partial charge on any atom is 0.294 e. The summed E-state index contributed by atoms with van der Waals surface area (Å²) >= 11 is 19.9. The molecule has 9 heteroatoms. The summed E-state index contributed by atoms with van der Waals surface area (Å²) in [6.45, 7) is 0.201. The molecular weight excluding hydrogens is 565 g/mol. The maximum atomic E-state index is 12.3. The zero-order valence-electron chi connectivity index (χ0n) is 14.5. The Morgan fingerprint density at radius 3 is 2.48 bits per heavy atom. The Kier molecular flexibility index (Phi) is 7.36. The van der Waals surface area contributed by atoms with Gasteiger partial charge in [0.1, 0.15) is 12.4 Å². The zero-order chi connectivity index (χ0) is 21.1. The molecule has 29 heavy (non-hydrogen) atoms. The number of rotatable bonds is 5. The summed E-state index contributed by atoms with van der Waals surface area (Å²) < 4.78 is 7.23. The predicted molar refractivity (Wildman–Crippen MR) is 124 cm³/mol. The van der Waals surface area contributed by atoms with Crippen molar-refractivity contribution < 1.29 is 14.3 Å². The molecular formula is C20H11Br2Cl2NO3S. The molecule has 4 nitrogen and oxygen atoms in total. The molecule has 0 aromatic heterocycles. The minimum absolute atomic E-state index is 0.0462. The Balaban J connectivity index is 1.80.